The minimum atomic E-state index is -0.430. The van der Waals surface area contributed by atoms with Crippen LogP contribution in [-0.2, 0) is 16.0 Å². The molecule has 2 aromatic rings. The summed E-state index contributed by atoms with van der Waals surface area (Å²) < 4.78 is 12.7. The Morgan fingerprint density at radius 3 is 1.59 bits per heavy atom. The van der Waals surface area contributed by atoms with Gasteiger partial charge in [-0.3, -0.25) is 9.69 Å². The zero-order valence-corrected chi connectivity index (χ0v) is 35.1. The molecule has 0 unspecified atom stereocenters. The maximum atomic E-state index is 12.1. The molecule has 2 amide bonds. The van der Waals surface area contributed by atoms with Crippen LogP contribution in [0.1, 0.15) is 87.9 Å². The van der Waals surface area contributed by atoms with E-state index in [0.29, 0.717) is 17.3 Å². The maximum absolute atomic E-state index is 12.1. The summed E-state index contributed by atoms with van der Waals surface area (Å²) in [5.74, 6) is 1.11. The van der Waals surface area contributed by atoms with Crippen LogP contribution < -0.4 is 0 Å². The number of aryl methyl sites for hydroxylation is 2. The molecule has 2 aliphatic heterocycles. The van der Waals surface area contributed by atoms with Crippen molar-refractivity contribution in [2.45, 2.75) is 92.4 Å². The van der Waals surface area contributed by atoms with Crippen molar-refractivity contribution in [3.8, 4) is 0 Å². The fourth-order valence-electron chi connectivity index (χ4n) is 4.64. The normalized spacial score (nSPS) is 14.9. The number of carbonyl (C=O) groups excluding carboxylic acids is 3. The van der Waals surface area contributed by atoms with E-state index in [9.17, 15) is 14.4 Å². The van der Waals surface area contributed by atoms with Crippen LogP contribution in [0.5, 0.6) is 0 Å². The number of alkyl halides is 2. The van der Waals surface area contributed by atoms with Crippen LogP contribution in [0.25, 0.3) is 0 Å². The number of nitrogens with zero attached hydrogens (tertiary/aromatic N) is 3. The van der Waals surface area contributed by atoms with Crippen LogP contribution in [0.15, 0.2) is 45.3 Å². The first-order valence-electron chi connectivity index (χ1n) is 16.7. The van der Waals surface area contributed by atoms with Crippen molar-refractivity contribution in [3.05, 3.63) is 67.6 Å². The highest BCUT2D eigenvalue weighted by molar-refractivity contribution is 9.10. The zero-order valence-electron chi connectivity index (χ0n) is 30.4. The molecule has 2 aromatic carbocycles. The Bertz CT molecular complexity index is 1300. The molecule has 0 spiro atoms. The molecule has 49 heavy (non-hydrogen) atoms. The molecule has 8 nitrogen and oxygen atoms in total. The molecule has 0 radical (unpaired) electrons. The van der Waals surface area contributed by atoms with E-state index >= 15 is 0 Å². The van der Waals surface area contributed by atoms with E-state index in [1.165, 1.54) is 17.5 Å². The summed E-state index contributed by atoms with van der Waals surface area (Å²) in [6, 6.07) is 12.1. The van der Waals surface area contributed by atoms with Crippen LogP contribution in [0.2, 0.25) is 0 Å². The van der Waals surface area contributed by atoms with Crippen LogP contribution in [0.3, 0.4) is 0 Å². The molecule has 12 heteroatoms. The predicted octanol–water partition coefficient (Wildman–Crippen LogP) is 10.3. The summed E-state index contributed by atoms with van der Waals surface area (Å²) in [7, 11) is 0. The van der Waals surface area contributed by atoms with Gasteiger partial charge in [-0.1, -0.05) is 61.2 Å². The van der Waals surface area contributed by atoms with Gasteiger partial charge >= 0.3 is 12.2 Å². The highest BCUT2D eigenvalue weighted by Gasteiger charge is 2.26. The standard InChI is InChI=1S/C17H25BrN2O2.C10H19NO2.C8H7BrO.C2H4Cl2/c1-13-5-6-15(18)14(11-13)12-19-7-9-20(10-8-19)16(21)22-17(2,3)4;1-10(2,3)13-9(12)11-7-5-4-6-8-11;1-6-2-3-8(9)7(4-6)5-10;3-1-2-4/h5-6,11H,7-10,12H2,1-4H3;4-8H2,1-3H3;2-5H,1H3;1-2H2. The van der Waals surface area contributed by atoms with Crippen molar-refractivity contribution in [2.75, 3.05) is 51.0 Å². The molecular formula is C37H55Br2Cl2N3O5. The maximum Gasteiger partial charge on any atom is 0.410 e. The topological polar surface area (TPSA) is 79.4 Å². The fourth-order valence-corrected chi connectivity index (χ4v) is 5.35. The third kappa shape index (κ3) is 19.9. The number of aldehydes is 1. The van der Waals surface area contributed by atoms with Crippen LogP contribution in [0.4, 0.5) is 9.59 Å². The second-order valence-electron chi connectivity index (χ2n) is 13.9. The summed E-state index contributed by atoms with van der Waals surface area (Å²) in [6.07, 6.45) is 3.94. The average molecular weight is 853 g/mol. The summed E-state index contributed by atoms with van der Waals surface area (Å²) in [5, 5.41) is 0. The highest BCUT2D eigenvalue weighted by Crippen LogP contribution is 2.21. The number of piperazine rings is 1. The van der Waals surface area contributed by atoms with Gasteiger partial charge in [-0.05, 0) is 98.4 Å². The van der Waals surface area contributed by atoms with Gasteiger partial charge in [0.05, 0.1) is 0 Å². The second-order valence-corrected chi connectivity index (χ2v) is 16.4. The highest BCUT2D eigenvalue weighted by atomic mass is 79.9. The Kier molecular flexibility index (Phi) is 21.1. The lowest BCUT2D eigenvalue weighted by atomic mass is 10.1. The van der Waals surface area contributed by atoms with E-state index in [2.05, 4.69) is 61.9 Å². The Balaban J connectivity index is 0.000000376. The monoisotopic (exact) mass is 849 g/mol. The molecule has 2 fully saturated rings. The van der Waals surface area contributed by atoms with Crippen molar-refractivity contribution in [1.82, 2.24) is 14.7 Å². The molecule has 0 aliphatic carbocycles. The number of carbonyl (C=O) groups is 3. The van der Waals surface area contributed by atoms with Gasteiger partial charge in [0.2, 0.25) is 0 Å². The van der Waals surface area contributed by atoms with Gasteiger partial charge in [0.25, 0.3) is 0 Å². The summed E-state index contributed by atoms with van der Waals surface area (Å²) in [4.78, 5) is 39.9. The van der Waals surface area contributed by atoms with Gasteiger partial charge in [-0.2, -0.15) is 0 Å². The van der Waals surface area contributed by atoms with Gasteiger partial charge in [-0.25, -0.2) is 9.59 Å². The minimum absolute atomic E-state index is 0.160. The Morgan fingerprint density at radius 1 is 0.714 bits per heavy atom. The van der Waals surface area contributed by atoms with Crippen LogP contribution in [-0.4, -0.2) is 95.4 Å². The quantitative estimate of drug-likeness (QED) is 0.225. The second kappa shape index (κ2) is 22.9. The summed E-state index contributed by atoms with van der Waals surface area (Å²) >= 11 is 17.0. The molecule has 4 rings (SSSR count). The molecule has 276 valence electrons. The van der Waals surface area contributed by atoms with Crippen molar-refractivity contribution in [3.63, 3.8) is 0 Å². The number of ether oxygens (including phenoxy) is 2. The van der Waals surface area contributed by atoms with Gasteiger partial charge < -0.3 is 19.3 Å². The Hall–Kier alpha value is -1.85. The van der Waals surface area contributed by atoms with Crippen molar-refractivity contribution in [1.29, 1.82) is 0 Å². The summed E-state index contributed by atoms with van der Waals surface area (Å²) in [5.41, 5.74) is 3.58. The summed E-state index contributed by atoms with van der Waals surface area (Å²) in [6.45, 7) is 21.3. The van der Waals surface area contributed by atoms with Gasteiger partial charge in [-0.15, -0.1) is 23.2 Å². The lowest BCUT2D eigenvalue weighted by Gasteiger charge is -2.35. The fraction of sp³-hybridized carbons (Fsp3) is 0.595. The Morgan fingerprint density at radius 2 is 1.16 bits per heavy atom. The number of amides is 2. The number of hydrogen-bond acceptors (Lipinski definition) is 6. The number of rotatable bonds is 4. The van der Waals surface area contributed by atoms with E-state index in [-0.39, 0.29) is 17.8 Å². The van der Waals surface area contributed by atoms with Crippen molar-refractivity contribution < 1.29 is 23.9 Å². The first kappa shape index (κ1) is 45.2. The molecule has 0 bridgehead atoms. The first-order valence-corrected chi connectivity index (χ1v) is 19.3. The molecule has 0 atom stereocenters. The van der Waals surface area contributed by atoms with E-state index in [0.717, 1.165) is 79.4 Å². The molecule has 2 heterocycles. The van der Waals surface area contributed by atoms with Crippen LogP contribution in [0, 0.1) is 13.8 Å². The molecule has 2 aliphatic rings. The zero-order chi connectivity index (χ0) is 37.2. The van der Waals surface area contributed by atoms with Gasteiger partial charge in [0.1, 0.15) is 11.2 Å². The third-order valence-electron chi connectivity index (χ3n) is 6.98. The van der Waals surface area contributed by atoms with Crippen LogP contribution >= 0.6 is 55.1 Å². The average Bonchev–Trinajstić information content (AvgIpc) is 3.04. The number of hydrogen-bond donors (Lipinski definition) is 0. The Labute approximate surface area is 321 Å². The number of halogens is 4. The molecule has 0 saturated carbocycles. The van der Waals surface area contributed by atoms with E-state index < -0.39 is 5.60 Å². The van der Waals surface area contributed by atoms with E-state index in [1.807, 2.05) is 66.7 Å². The SMILES string of the molecule is CC(C)(C)OC(=O)N1CCCCC1.Cc1ccc(Br)c(C=O)c1.Cc1ccc(Br)c(CN2CCN(C(=O)OC(C)(C)C)CC2)c1.ClCCCl. The largest absolute Gasteiger partial charge is 0.444 e. The number of piperidine rings is 1. The van der Waals surface area contributed by atoms with Gasteiger partial charge in [0.15, 0.2) is 6.29 Å². The molecular weight excluding hydrogens is 797 g/mol. The minimum Gasteiger partial charge on any atom is -0.444 e. The number of benzene rings is 2. The van der Waals surface area contributed by atoms with Gasteiger partial charge in [0, 0.05) is 72.1 Å². The lowest BCUT2D eigenvalue weighted by molar-refractivity contribution is 0.0137. The number of likely N-dealkylation sites (tertiary alicyclic amines) is 1. The smallest absolute Gasteiger partial charge is 0.410 e. The predicted molar refractivity (Wildman–Crippen MR) is 209 cm³/mol. The van der Waals surface area contributed by atoms with E-state index in [4.69, 9.17) is 32.7 Å². The molecule has 2 saturated heterocycles. The van der Waals surface area contributed by atoms with E-state index in [1.54, 1.807) is 9.80 Å². The molecule has 0 aromatic heterocycles. The molecule has 0 N–H and O–H groups in total. The first-order chi connectivity index (χ1) is 22.9. The lowest BCUT2D eigenvalue weighted by Crippen LogP contribution is -2.49. The third-order valence-corrected chi connectivity index (χ3v) is 9.04. The van der Waals surface area contributed by atoms with Crippen molar-refractivity contribution in [2.24, 2.45) is 0 Å². The van der Waals surface area contributed by atoms with Crippen molar-refractivity contribution >= 4 is 73.5 Å².